The summed E-state index contributed by atoms with van der Waals surface area (Å²) in [6.07, 6.45) is -0.533. The third-order valence-electron chi connectivity index (χ3n) is 1.93. The lowest BCUT2D eigenvalue weighted by Gasteiger charge is -2.24. The number of esters is 1. The summed E-state index contributed by atoms with van der Waals surface area (Å²) in [5, 5.41) is 3.46. The van der Waals surface area contributed by atoms with Crippen LogP contribution >= 0.6 is 0 Å². The Morgan fingerprint density at radius 3 is 2.35 bits per heavy atom. The van der Waals surface area contributed by atoms with E-state index < -0.39 is 6.29 Å². The average molecular weight is 245 g/mol. The quantitative estimate of drug-likeness (QED) is 0.204. The van der Waals surface area contributed by atoms with Gasteiger partial charge in [-0.25, -0.2) is 0 Å². The van der Waals surface area contributed by atoms with E-state index in [-0.39, 0.29) is 25.0 Å². The molecule has 98 valence electrons. The second-order valence-electron chi connectivity index (χ2n) is 3.26. The number of carbonyl (C=O) groups excluding carboxylic acids is 1. The second kappa shape index (κ2) is 9.89. The van der Waals surface area contributed by atoms with Crippen LogP contribution in [0.5, 0.6) is 0 Å². The number of carbonyl (C=O) groups is 1. The van der Waals surface area contributed by atoms with E-state index in [4.69, 9.17) is 19.7 Å². The Kier molecular flexibility index (Phi) is 9.14. The van der Waals surface area contributed by atoms with Gasteiger partial charge in [-0.05, 0) is 19.4 Å². The zero-order chi connectivity index (χ0) is 13.1. The highest BCUT2D eigenvalue weighted by Crippen LogP contribution is 2.12. The molecule has 1 atom stereocenters. The van der Waals surface area contributed by atoms with E-state index in [1.807, 2.05) is 13.8 Å². The summed E-state index contributed by atoms with van der Waals surface area (Å²) >= 11 is 0. The summed E-state index contributed by atoms with van der Waals surface area (Å²) in [5.41, 5.74) is 8.30. The van der Waals surface area contributed by atoms with Crippen LogP contribution in [0.4, 0.5) is 0 Å². The number of hydrogen-bond acceptors (Lipinski definition) is 5. The molecule has 0 unspecified atom stereocenters. The Labute approximate surface area is 101 Å². The minimum absolute atomic E-state index is 0.110. The van der Waals surface area contributed by atoms with Gasteiger partial charge in [0.25, 0.3) is 0 Å². The monoisotopic (exact) mass is 245 g/mol. The minimum atomic E-state index is -0.533. The molecule has 0 aromatic carbocycles. The molecule has 0 aliphatic carbocycles. The lowest BCUT2D eigenvalue weighted by Crippen LogP contribution is -2.33. The SMILES string of the molecule is CCOC(OCC)[C@H](CN=[N+]=[N-])COC(C)=O. The van der Waals surface area contributed by atoms with Gasteiger partial charge in [-0.2, -0.15) is 0 Å². The molecule has 0 saturated heterocycles. The highest BCUT2D eigenvalue weighted by Gasteiger charge is 2.23. The Balaban J connectivity index is 4.45. The van der Waals surface area contributed by atoms with Gasteiger partial charge in [0.2, 0.25) is 0 Å². The minimum Gasteiger partial charge on any atom is -0.465 e. The smallest absolute Gasteiger partial charge is 0.302 e. The van der Waals surface area contributed by atoms with Gasteiger partial charge >= 0.3 is 5.97 Å². The van der Waals surface area contributed by atoms with Crippen molar-refractivity contribution in [3.63, 3.8) is 0 Å². The molecule has 0 heterocycles. The van der Waals surface area contributed by atoms with Gasteiger partial charge < -0.3 is 14.2 Å². The Bertz CT molecular complexity index is 260. The summed E-state index contributed by atoms with van der Waals surface area (Å²) in [5.74, 6) is -0.683. The topological polar surface area (TPSA) is 93.5 Å². The lowest BCUT2D eigenvalue weighted by atomic mass is 10.1. The van der Waals surface area contributed by atoms with E-state index in [2.05, 4.69) is 10.0 Å². The standard InChI is InChI=1S/C10H19N3O4/c1-4-15-10(16-5-2)9(6-12-13-11)7-17-8(3)14/h9-10H,4-7H2,1-3H3/t9-/m1/s1. The molecule has 0 radical (unpaired) electrons. The predicted octanol–water partition coefficient (Wildman–Crippen LogP) is 1.88. The lowest BCUT2D eigenvalue weighted by molar-refractivity contribution is -0.178. The molecule has 0 rings (SSSR count). The largest absolute Gasteiger partial charge is 0.465 e. The van der Waals surface area contributed by atoms with Crippen LogP contribution in [0.15, 0.2) is 5.11 Å². The molecular weight excluding hydrogens is 226 g/mol. The van der Waals surface area contributed by atoms with E-state index in [1.165, 1.54) is 6.92 Å². The van der Waals surface area contributed by atoms with Gasteiger partial charge in [0.1, 0.15) is 0 Å². The van der Waals surface area contributed by atoms with Crippen molar-refractivity contribution in [2.75, 3.05) is 26.4 Å². The van der Waals surface area contributed by atoms with Crippen molar-refractivity contribution in [3.05, 3.63) is 10.4 Å². The summed E-state index contributed by atoms with van der Waals surface area (Å²) in [6.45, 7) is 6.20. The fraction of sp³-hybridized carbons (Fsp3) is 0.900. The fourth-order valence-corrected chi connectivity index (χ4v) is 1.23. The molecule has 7 nitrogen and oxygen atoms in total. The highest BCUT2D eigenvalue weighted by atomic mass is 16.7. The zero-order valence-electron chi connectivity index (χ0n) is 10.5. The number of ether oxygens (including phenoxy) is 3. The van der Waals surface area contributed by atoms with E-state index in [1.54, 1.807) is 0 Å². The van der Waals surface area contributed by atoms with E-state index in [0.717, 1.165) is 0 Å². The van der Waals surface area contributed by atoms with Crippen LogP contribution in [0.25, 0.3) is 10.4 Å². The van der Waals surface area contributed by atoms with E-state index in [9.17, 15) is 4.79 Å². The van der Waals surface area contributed by atoms with Gasteiger partial charge in [-0.1, -0.05) is 5.11 Å². The number of rotatable bonds is 9. The molecule has 7 heteroatoms. The fourth-order valence-electron chi connectivity index (χ4n) is 1.23. The molecule has 17 heavy (non-hydrogen) atoms. The average Bonchev–Trinajstić information content (AvgIpc) is 2.29. The molecule has 0 aromatic heterocycles. The van der Waals surface area contributed by atoms with Gasteiger partial charge in [0.05, 0.1) is 6.61 Å². The van der Waals surface area contributed by atoms with Gasteiger partial charge in [-0.3, -0.25) is 4.79 Å². The van der Waals surface area contributed by atoms with Crippen LogP contribution in [-0.2, 0) is 19.0 Å². The molecule has 0 spiro atoms. The summed E-state index contributed by atoms with van der Waals surface area (Å²) in [4.78, 5) is 13.4. The number of nitrogens with zero attached hydrogens (tertiary/aromatic N) is 3. The molecule has 0 aliphatic rings. The number of azide groups is 1. The molecule has 0 aliphatic heterocycles. The molecule has 0 N–H and O–H groups in total. The van der Waals surface area contributed by atoms with Crippen LogP contribution < -0.4 is 0 Å². The summed E-state index contributed by atoms with van der Waals surface area (Å²) in [7, 11) is 0. The summed E-state index contributed by atoms with van der Waals surface area (Å²) in [6, 6.07) is 0. The zero-order valence-corrected chi connectivity index (χ0v) is 10.5. The third kappa shape index (κ3) is 7.57. The molecule has 0 bridgehead atoms. The van der Waals surface area contributed by atoms with Crippen LogP contribution in [0.3, 0.4) is 0 Å². The maximum Gasteiger partial charge on any atom is 0.302 e. The maximum atomic E-state index is 10.8. The highest BCUT2D eigenvalue weighted by molar-refractivity contribution is 5.65. The molecule has 0 aromatic rings. The Hall–Kier alpha value is -1.30. The van der Waals surface area contributed by atoms with E-state index in [0.29, 0.717) is 13.2 Å². The second-order valence-corrected chi connectivity index (χ2v) is 3.26. The van der Waals surface area contributed by atoms with Crippen LogP contribution in [0, 0.1) is 5.92 Å². The normalized spacial score (nSPS) is 12.0. The Morgan fingerprint density at radius 1 is 1.35 bits per heavy atom. The first-order chi connectivity index (χ1) is 8.15. The van der Waals surface area contributed by atoms with Crippen LogP contribution in [-0.4, -0.2) is 38.6 Å². The molecule has 0 fully saturated rings. The van der Waals surface area contributed by atoms with Crippen molar-refractivity contribution >= 4 is 5.97 Å². The van der Waals surface area contributed by atoms with Crippen molar-refractivity contribution in [2.24, 2.45) is 11.0 Å². The number of hydrogen-bond donors (Lipinski definition) is 0. The summed E-state index contributed by atoms with van der Waals surface area (Å²) < 4.78 is 15.6. The van der Waals surface area contributed by atoms with Crippen molar-refractivity contribution in [2.45, 2.75) is 27.1 Å². The first kappa shape index (κ1) is 15.7. The van der Waals surface area contributed by atoms with Gasteiger partial charge in [-0.15, -0.1) is 0 Å². The molecule has 0 amide bonds. The van der Waals surface area contributed by atoms with Crippen molar-refractivity contribution in [1.82, 2.24) is 0 Å². The first-order valence-electron chi connectivity index (χ1n) is 5.53. The first-order valence-corrected chi connectivity index (χ1v) is 5.53. The van der Waals surface area contributed by atoms with Gasteiger partial charge in [0, 0.05) is 37.5 Å². The third-order valence-corrected chi connectivity index (χ3v) is 1.93. The van der Waals surface area contributed by atoms with E-state index >= 15 is 0 Å². The Morgan fingerprint density at radius 2 is 1.94 bits per heavy atom. The van der Waals surface area contributed by atoms with Crippen LogP contribution in [0.1, 0.15) is 20.8 Å². The van der Waals surface area contributed by atoms with Gasteiger partial charge in [0.15, 0.2) is 6.29 Å². The van der Waals surface area contributed by atoms with Crippen molar-refractivity contribution < 1.29 is 19.0 Å². The van der Waals surface area contributed by atoms with Crippen LogP contribution in [0.2, 0.25) is 0 Å². The van der Waals surface area contributed by atoms with Crippen molar-refractivity contribution in [1.29, 1.82) is 0 Å². The molecular formula is C10H19N3O4. The van der Waals surface area contributed by atoms with Crippen molar-refractivity contribution in [3.8, 4) is 0 Å². The predicted molar refractivity (Wildman–Crippen MR) is 61.2 cm³/mol. The molecule has 0 saturated carbocycles. The maximum absolute atomic E-state index is 10.8.